The van der Waals surface area contributed by atoms with Gasteiger partial charge in [0.15, 0.2) is 0 Å². The predicted octanol–water partition coefficient (Wildman–Crippen LogP) is 1.84. The summed E-state index contributed by atoms with van der Waals surface area (Å²) >= 11 is 0. The molecular formula is C14H17NO5. The summed E-state index contributed by atoms with van der Waals surface area (Å²) in [7, 11) is 2.43. The van der Waals surface area contributed by atoms with E-state index in [4.69, 9.17) is 9.47 Å². The highest BCUT2D eigenvalue weighted by Crippen LogP contribution is 2.29. The van der Waals surface area contributed by atoms with Crippen molar-refractivity contribution in [3.63, 3.8) is 0 Å². The minimum atomic E-state index is -0.707. The highest BCUT2D eigenvalue weighted by atomic mass is 16.5. The fourth-order valence-corrected chi connectivity index (χ4v) is 2.00. The number of carbonyl (C=O) groups is 3. The first kappa shape index (κ1) is 15.7. The van der Waals surface area contributed by atoms with Crippen LogP contribution in [-0.2, 0) is 14.3 Å². The summed E-state index contributed by atoms with van der Waals surface area (Å²) in [5.41, 5.74) is 1.59. The molecule has 1 aromatic carbocycles. The molecule has 20 heavy (non-hydrogen) atoms. The van der Waals surface area contributed by atoms with Crippen LogP contribution in [0, 0.1) is 13.8 Å². The average molecular weight is 279 g/mol. The number of amides is 1. The van der Waals surface area contributed by atoms with Crippen molar-refractivity contribution in [3.05, 3.63) is 28.3 Å². The number of nitrogens with one attached hydrogen (secondary N) is 1. The number of rotatable bonds is 3. The topological polar surface area (TPSA) is 81.7 Å². The summed E-state index contributed by atoms with van der Waals surface area (Å²) in [6.45, 7) is 4.73. The first-order valence-electron chi connectivity index (χ1n) is 5.91. The molecule has 1 amide bonds. The Morgan fingerprint density at radius 3 is 1.90 bits per heavy atom. The zero-order valence-corrected chi connectivity index (χ0v) is 12.1. The lowest BCUT2D eigenvalue weighted by atomic mass is 9.96. The number of aryl methyl sites for hydroxylation is 2. The molecule has 108 valence electrons. The first-order valence-corrected chi connectivity index (χ1v) is 5.91. The van der Waals surface area contributed by atoms with Crippen LogP contribution in [0.3, 0.4) is 0 Å². The number of anilines is 1. The van der Waals surface area contributed by atoms with Gasteiger partial charge in [-0.3, -0.25) is 4.79 Å². The zero-order valence-electron chi connectivity index (χ0n) is 12.1. The van der Waals surface area contributed by atoms with Crippen LogP contribution in [0.15, 0.2) is 6.07 Å². The van der Waals surface area contributed by atoms with Gasteiger partial charge in [-0.15, -0.1) is 0 Å². The molecule has 0 bridgehead atoms. The molecule has 0 atom stereocenters. The van der Waals surface area contributed by atoms with Crippen LogP contribution in [0.25, 0.3) is 0 Å². The average Bonchev–Trinajstić information content (AvgIpc) is 2.39. The lowest BCUT2D eigenvalue weighted by Gasteiger charge is -2.17. The van der Waals surface area contributed by atoms with Crippen molar-refractivity contribution in [3.8, 4) is 0 Å². The highest BCUT2D eigenvalue weighted by Gasteiger charge is 2.26. The van der Waals surface area contributed by atoms with Crippen molar-refractivity contribution in [2.75, 3.05) is 19.5 Å². The number of methoxy groups -OCH3 is 2. The van der Waals surface area contributed by atoms with Crippen LogP contribution >= 0.6 is 0 Å². The summed E-state index contributed by atoms with van der Waals surface area (Å²) in [6, 6.07) is 1.70. The van der Waals surface area contributed by atoms with Crippen molar-refractivity contribution in [1.82, 2.24) is 0 Å². The van der Waals surface area contributed by atoms with Crippen molar-refractivity contribution in [2.45, 2.75) is 20.8 Å². The molecule has 0 fully saturated rings. The largest absolute Gasteiger partial charge is 0.465 e. The van der Waals surface area contributed by atoms with Crippen LogP contribution in [0.4, 0.5) is 5.69 Å². The Hall–Kier alpha value is -2.37. The van der Waals surface area contributed by atoms with Gasteiger partial charge in [-0.2, -0.15) is 0 Å². The number of ether oxygens (including phenoxy) is 2. The lowest BCUT2D eigenvalue weighted by molar-refractivity contribution is -0.114. The molecule has 0 spiro atoms. The molecule has 0 aromatic heterocycles. The second kappa shape index (κ2) is 6.18. The number of hydrogen-bond acceptors (Lipinski definition) is 5. The lowest BCUT2D eigenvalue weighted by Crippen LogP contribution is -2.19. The van der Waals surface area contributed by atoms with Crippen molar-refractivity contribution < 1.29 is 23.9 Å². The Bertz CT molecular complexity index is 577. The van der Waals surface area contributed by atoms with Gasteiger partial charge in [0, 0.05) is 6.92 Å². The molecule has 0 aliphatic rings. The van der Waals surface area contributed by atoms with Gasteiger partial charge in [-0.05, 0) is 25.0 Å². The van der Waals surface area contributed by atoms with E-state index < -0.39 is 11.9 Å². The maximum atomic E-state index is 12.0. The SMILES string of the molecule is COC(=O)c1c(C)cc(C)c(NC(C)=O)c1C(=O)OC. The molecule has 0 aliphatic carbocycles. The summed E-state index contributed by atoms with van der Waals surface area (Å²) in [4.78, 5) is 35.1. The van der Waals surface area contributed by atoms with E-state index in [9.17, 15) is 14.4 Å². The third-order valence-corrected chi connectivity index (χ3v) is 2.80. The third-order valence-electron chi connectivity index (χ3n) is 2.80. The summed E-state index contributed by atoms with van der Waals surface area (Å²) in [5, 5.41) is 2.56. The Labute approximate surface area is 117 Å². The molecular weight excluding hydrogens is 262 g/mol. The molecule has 1 N–H and O–H groups in total. The number of benzene rings is 1. The van der Waals surface area contributed by atoms with Crippen molar-refractivity contribution in [1.29, 1.82) is 0 Å². The molecule has 6 nitrogen and oxygen atoms in total. The summed E-state index contributed by atoms with van der Waals surface area (Å²) in [6.07, 6.45) is 0. The minimum Gasteiger partial charge on any atom is -0.465 e. The molecule has 0 saturated heterocycles. The van der Waals surface area contributed by atoms with Crippen molar-refractivity contribution in [2.24, 2.45) is 0 Å². The first-order chi connectivity index (χ1) is 9.33. The summed E-state index contributed by atoms with van der Waals surface area (Å²) < 4.78 is 9.40. The van der Waals surface area contributed by atoms with Gasteiger partial charge in [0.25, 0.3) is 0 Å². The van der Waals surface area contributed by atoms with E-state index in [0.717, 1.165) is 0 Å². The fourth-order valence-electron chi connectivity index (χ4n) is 2.00. The van der Waals surface area contributed by atoms with Crippen molar-refractivity contribution >= 4 is 23.5 Å². The van der Waals surface area contributed by atoms with Crippen LogP contribution in [0.1, 0.15) is 38.8 Å². The van der Waals surface area contributed by atoms with Gasteiger partial charge in [0.2, 0.25) is 5.91 Å². The van der Waals surface area contributed by atoms with Crippen LogP contribution in [-0.4, -0.2) is 32.1 Å². The molecule has 0 radical (unpaired) electrons. The second-order valence-corrected chi connectivity index (χ2v) is 4.30. The van der Waals surface area contributed by atoms with E-state index in [0.29, 0.717) is 11.1 Å². The monoisotopic (exact) mass is 279 g/mol. The van der Waals surface area contributed by atoms with E-state index in [1.807, 2.05) is 0 Å². The van der Waals surface area contributed by atoms with E-state index in [1.165, 1.54) is 21.1 Å². The maximum absolute atomic E-state index is 12.0. The van der Waals surface area contributed by atoms with E-state index in [-0.39, 0.29) is 22.7 Å². The van der Waals surface area contributed by atoms with E-state index in [1.54, 1.807) is 19.9 Å². The highest BCUT2D eigenvalue weighted by molar-refractivity contribution is 6.10. The second-order valence-electron chi connectivity index (χ2n) is 4.30. The zero-order chi connectivity index (χ0) is 15.4. The van der Waals surface area contributed by atoms with Gasteiger partial charge < -0.3 is 14.8 Å². The Morgan fingerprint density at radius 2 is 1.45 bits per heavy atom. The molecule has 0 heterocycles. The van der Waals surface area contributed by atoms with Gasteiger partial charge in [0.05, 0.1) is 31.0 Å². The Morgan fingerprint density at radius 1 is 0.950 bits per heavy atom. The predicted molar refractivity (Wildman–Crippen MR) is 72.9 cm³/mol. The van der Waals surface area contributed by atoms with Gasteiger partial charge in [-0.25, -0.2) is 9.59 Å². The van der Waals surface area contributed by atoms with Crippen LogP contribution < -0.4 is 5.32 Å². The van der Waals surface area contributed by atoms with Crippen LogP contribution in [0.5, 0.6) is 0 Å². The maximum Gasteiger partial charge on any atom is 0.340 e. The minimum absolute atomic E-state index is 0.00653. The van der Waals surface area contributed by atoms with Gasteiger partial charge >= 0.3 is 11.9 Å². The number of esters is 2. The molecule has 1 rings (SSSR count). The fraction of sp³-hybridized carbons (Fsp3) is 0.357. The molecule has 0 aliphatic heterocycles. The Kier molecular flexibility index (Phi) is 4.85. The smallest absolute Gasteiger partial charge is 0.340 e. The van der Waals surface area contributed by atoms with E-state index >= 15 is 0 Å². The van der Waals surface area contributed by atoms with Gasteiger partial charge in [-0.1, -0.05) is 6.07 Å². The molecule has 1 aromatic rings. The number of hydrogen-bond donors (Lipinski definition) is 1. The molecule has 0 unspecified atom stereocenters. The number of carbonyl (C=O) groups excluding carboxylic acids is 3. The van der Waals surface area contributed by atoms with Gasteiger partial charge in [0.1, 0.15) is 0 Å². The Balaban J connectivity index is 3.69. The third kappa shape index (κ3) is 2.96. The summed E-state index contributed by atoms with van der Waals surface area (Å²) in [5.74, 6) is -1.71. The van der Waals surface area contributed by atoms with E-state index in [2.05, 4.69) is 5.32 Å². The molecule has 0 saturated carbocycles. The quantitative estimate of drug-likeness (QED) is 0.854. The standard InChI is InChI=1S/C14H17NO5/c1-7-6-8(2)12(15-9(3)16)11(14(18)20-5)10(7)13(17)19-4/h6H,1-5H3,(H,15,16). The normalized spacial score (nSPS) is 9.85. The van der Waals surface area contributed by atoms with Crippen LogP contribution in [0.2, 0.25) is 0 Å². The molecule has 6 heteroatoms.